The van der Waals surface area contributed by atoms with Crippen LogP contribution in [0, 0.1) is 6.92 Å². The molecular weight excluding hydrogens is 433 g/mol. The Bertz CT molecular complexity index is 1700. The van der Waals surface area contributed by atoms with Crippen LogP contribution in [0.1, 0.15) is 27.2 Å². The molecule has 34 heavy (non-hydrogen) atoms. The maximum absolute atomic E-state index is 12.4. The molecule has 0 amide bonds. The molecule has 6 rings (SSSR count). The number of aryl methyl sites for hydroxylation is 1. The van der Waals surface area contributed by atoms with Gasteiger partial charge >= 0.3 is 35.5 Å². The summed E-state index contributed by atoms with van der Waals surface area (Å²) in [5.74, 6) is -0.951. The van der Waals surface area contributed by atoms with Gasteiger partial charge in [0, 0.05) is 35.3 Å². The van der Waals surface area contributed by atoms with Crippen molar-refractivity contribution in [2.24, 2.45) is 0 Å². The number of carboxylic acids is 1. The predicted octanol–water partition coefficient (Wildman–Crippen LogP) is 5.58. The van der Waals surface area contributed by atoms with Gasteiger partial charge in [-0.25, -0.2) is 9.78 Å². The van der Waals surface area contributed by atoms with Gasteiger partial charge in [-0.05, 0) is 47.0 Å². The zero-order valence-corrected chi connectivity index (χ0v) is 18.0. The first-order valence-corrected chi connectivity index (χ1v) is 10.9. The van der Waals surface area contributed by atoms with Crippen molar-refractivity contribution in [2.75, 3.05) is 0 Å². The number of H-pyrrole nitrogens is 1. The van der Waals surface area contributed by atoms with Gasteiger partial charge in [-0.2, -0.15) is 0 Å². The number of aromatic nitrogens is 3. The number of carbonyl (C=O) groups is 1. The van der Waals surface area contributed by atoms with Crippen LogP contribution < -0.4 is 0 Å². The van der Waals surface area contributed by atoms with Crippen molar-refractivity contribution in [3.8, 4) is 11.3 Å². The maximum atomic E-state index is 12.4. The summed E-state index contributed by atoms with van der Waals surface area (Å²) in [4.78, 5) is 20.7. The molecule has 0 unspecified atom stereocenters. The third-order valence-corrected chi connectivity index (χ3v) is 6.38. The van der Waals surface area contributed by atoms with Crippen molar-refractivity contribution in [1.29, 1.82) is 0 Å². The average molecular weight is 455 g/mol. The number of aromatic carboxylic acids is 1. The molecule has 0 radical (unpaired) electrons. The molecule has 0 atom stereocenters. The molecule has 0 aliphatic rings. The van der Waals surface area contributed by atoms with Crippen LogP contribution >= 0.6 is 0 Å². The van der Waals surface area contributed by atoms with Crippen LogP contribution in [0.15, 0.2) is 85.2 Å². The molecule has 0 aliphatic heterocycles. The molecule has 3 aromatic carbocycles. The fraction of sp³-hybridized carbons (Fsp3) is 0.0714. The molecular formula is C28H22N3NaO2. The molecule has 3 heterocycles. The van der Waals surface area contributed by atoms with Crippen LogP contribution in [-0.4, -0.2) is 55.0 Å². The van der Waals surface area contributed by atoms with Crippen molar-refractivity contribution >= 4 is 62.8 Å². The number of pyridine rings is 1. The van der Waals surface area contributed by atoms with Crippen molar-refractivity contribution in [1.82, 2.24) is 14.4 Å². The molecule has 0 spiro atoms. The van der Waals surface area contributed by atoms with E-state index in [4.69, 9.17) is 4.98 Å². The van der Waals surface area contributed by atoms with E-state index in [9.17, 15) is 9.90 Å². The van der Waals surface area contributed by atoms with Gasteiger partial charge in [0.2, 0.25) is 0 Å². The minimum absolute atomic E-state index is 0. The predicted molar refractivity (Wildman–Crippen MR) is 138 cm³/mol. The van der Waals surface area contributed by atoms with Crippen LogP contribution in [0.4, 0.5) is 0 Å². The molecule has 0 saturated heterocycles. The van der Waals surface area contributed by atoms with Crippen molar-refractivity contribution in [2.45, 2.75) is 13.3 Å². The summed E-state index contributed by atoms with van der Waals surface area (Å²) in [5, 5.41) is 13.0. The van der Waals surface area contributed by atoms with Gasteiger partial charge in [0.1, 0.15) is 5.65 Å². The van der Waals surface area contributed by atoms with Gasteiger partial charge in [0.05, 0.1) is 17.0 Å². The molecule has 0 bridgehead atoms. The number of hydrogen-bond acceptors (Lipinski definition) is 2. The second kappa shape index (κ2) is 8.76. The number of hydrogen-bond donors (Lipinski definition) is 2. The van der Waals surface area contributed by atoms with Gasteiger partial charge in [-0.1, -0.05) is 54.6 Å². The molecule has 162 valence electrons. The molecule has 6 aromatic rings. The third kappa shape index (κ3) is 3.53. The first kappa shape index (κ1) is 22.4. The molecule has 6 heteroatoms. The number of imidazole rings is 1. The van der Waals surface area contributed by atoms with E-state index in [1.807, 2.05) is 73.1 Å². The summed E-state index contributed by atoms with van der Waals surface area (Å²) in [5.41, 5.74) is 6.84. The van der Waals surface area contributed by atoms with E-state index in [1.165, 1.54) is 10.9 Å². The monoisotopic (exact) mass is 455 g/mol. The molecule has 2 N–H and O–H groups in total. The van der Waals surface area contributed by atoms with E-state index in [0.29, 0.717) is 23.1 Å². The minimum atomic E-state index is -0.951. The third-order valence-electron chi connectivity index (χ3n) is 6.38. The number of nitrogens with one attached hydrogen (secondary N) is 1. The SMILES string of the molecule is Cc1cccc2[nH]cc(Cc3c(-c4ccc5ccccc5c4C(=O)O)nc4ccccn34)c12.[NaH]. The quantitative estimate of drug-likeness (QED) is 0.341. The van der Waals surface area contributed by atoms with Gasteiger partial charge in [-0.15, -0.1) is 0 Å². The number of nitrogens with zero attached hydrogens (tertiary/aromatic N) is 2. The van der Waals surface area contributed by atoms with E-state index in [-0.39, 0.29) is 35.1 Å². The van der Waals surface area contributed by atoms with E-state index in [1.54, 1.807) is 0 Å². The first-order valence-electron chi connectivity index (χ1n) is 10.9. The summed E-state index contributed by atoms with van der Waals surface area (Å²) in [6.07, 6.45) is 4.66. The second-order valence-electron chi connectivity index (χ2n) is 8.34. The Labute approximate surface area is 218 Å². The van der Waals surface area contributed by atoms with Crippen LogP contribution in [-0.2, 0) is 6.42 Å². The molecule has 0 aliphatic carbocycles. The second-order valence-corrected chi connectivity index (χ2v) is 8.34. The topological polar surface area (TPSA) is 70.4 Å². The first-order chi connectivity index (χ1) is 16.1. The Kier molecular flexibility index (Phi) is 5.78. The Morgan fingerprint density at radius 2 is 1.82 bits per heavy atom. The molecule has 0 saturated carbocycles. The van der Waals surface area contributed by atoms with E-state index >= 15 is 0 Å². The van der Waals surface area contributed by atoms with E-state index in [0.717, 1.165) is 27.8 Å². The molecule has 3 aromatic heterocycles. The standard InChI is InChI=1S/C28H21N3O2.Na.H/c1-17-7-6-10-22-25(17)19(16-29-22)15-23-27(30-24-11-4-5-14-31(23)24)21-13-12-18-8-2-3-9-20(18)26(21)28(32)33;;/h2-14,16,29H,15H2,1H3,(H,32,33);;. The summed E-state index contributed by atoms with van der Waals surface area (Å²) in [6.45, 7) is 2.11. The summed E-state index contributed by atoms with van der Waals surface area (Å²) >= 11 is 0. The van der Waals surface area contributed by atoms with Crippen LogP contribution in [0.3, 0.4) is 0 Å². The van der Waals surface area contributed by atoms with Crippen LogP contribution in [0.2, 0.25) is 0 Å². The number of rotatable bonds is 4. The fourth-order valence-electron chi connectivity index (χ4n) is 4.90. The van der Waals surface area contributed by atoms with Gasteiger partial charge in [0.15, 0.2) is 0 Å². The summed E-state index contributed by atoms with van der Waals surface area (Å²) < 4.78 is 2.06. The number of benzene rings is 3. The van der Waals surface area contributed by atoms with Gasteiger partial charge < -0.3 is 14.5 Å². The summed E-state index contributed by atoms with van der Waals surface area (Å²) in [6, 6.07) is 23.6. The van der Waals surface area contributed by atoms with Gasteiger partial charge in [-0.3, -0.25) is 0 Å². The van der Waals surface area contributed by atoms with Crippen LogP contribution in [0.25, 0.3) is 38.6 Å². The number of aromatic amines is 1. The van der Waals surface area contributed by atoms with Crippen LogP contribution in [0.5, 0.6) is 0 Å². The Morgan fingerprint density at radius 3 is 2.68 bits per heavy atom. The average Bonchev–Trinajstić information content (AvgIpc) is 3.41. The Hall–Kier alpha value is -3.38. The van der Waals surface area contributed by atoms with E-state index < -0.39 is 5.97 Å². The number of carboxylic acid groups (broad SMARTS) is 1. The van der Waals surface area contributed by atoms with E-state index in [2.05, 4.69) is 28.4 Å². The van der Waals surface area contributed by atoms with Gasteiger partial charge in [0.25, 0.3) is 0 Å². The van der Waals surface area contributed by atoms with Crippen molar-refractivity contribution in [3.05, 3.63) is 108 Å². The normalized spacial score (nSPS) is 11.2. The zero-order chi connectivity index (χ0) is 22.5. The van der Waals surface area contributed by atoms with Crippen molar-refractivity contribution in [3.63, 3.8) is 0 Å². The Morgan fingerprint density at radius 1 is 1.00 bits per heavy atom. The summed E-state index contributed by atoms with van der Waals surface area (Å²) in [7, 11) is 0. The number of fused-ring (bicyclic) bond motifs is 3. The fourth-order valence-corrected chi connectivity index (χ4v) is 4.90. The zero-order valence-electron chi connectivity index (χ0n) is 18.0. The van der Waals surface area contributed by atoms with Crippen molar-refractivity contribution < 1.29 is 9.90 Å². The molecule has 5 nitrogen and oxygen atoms in total. The molecule has 0 fully saturated rings. The Balaban J connectivity index is 0.00000241.